The predicted octanol–water partition coefficient (Wildman–Crippen LogP) is 3.82. The Kier molecular flexibility index (Phi) is 8.73. The van der Waals surface area contributed by atoms with Gasteiger partial charge >= 0.3 is 6.09 Å². The molecule has 2 atom stereocenters. The van der Waals surface area contributed by atoms with Crippen LogP contribution >= 0.6 is 11.6 Å². The highest BCUT2D eigenvalue weighted by atomic mass is 35.5. The Morgan fingerprint density at radius 3 is 2.81 bits per heavy atom. The number of sulfonamides is 1. The van der Waals surface area contributed by atoms with Gasteiger partial charge in [-0.1, -0.05) is 29.8 Å². The monoisotopic (exact) mass is 546 g/mol. The van der Waals surface area contributed by atoms with E-state index in [2.05, 4.69) is 15.0 Å². The molecule has 4 rings (SSSR count). The minimum Gasteiger partial charge on any atom is -0.492 e. The molecule has 1 amide bonds. The van der Waals surface area contributed by atoms with Crippen LogP contribution in [0, 0.1) is 0 Å². The molecule has 198 valence electrons. The van der Waals surface area contributed by atoms with Gasteiger partial charge in [0.05, 0.1) is 12.9 Å². The average Bonchev–Trinajstić information content (AvgIpc) is 3.31. The quantitative estimate of drug-likeness (QED) is 0.374. The number of amides is 1. The zero-order valence-electron chi connectivity index (χ0n) is 20.8. The number of aromatic nitrogens is 2. The van der Waals surface area contributed by atoms with E-state index in [0.717, 1.165) is 24.0 Å². The van der Waals surface area contributed by atoms with Crippen molar-refractivity contribution in [2.75, 3.05) is 19.8 Å². The van der Waals surface area contributed by atoms with Gasteiger partial charge in [0.25, 0.3) is 10.0 Å². The molecule has 2 unspecified atom stereocenters. The van der Waals surface area contributed by atoms with Crippen molar-refractivity contribution >= 4 is 27.7 Å². The summed E-state index contributed by atoms with van der Waals surface area (Å²) in [6.45, 7) is 2.32. The number of rotatable bonds is 10. The molecule has 1 aliphatic carbocycles. The summed E-state index contributed by atoms with van der Waals surface area (Å²) in [4.78, 5) is 16.1. The van der Waals surface area contributed by atoms with E-state index in [0.29, 0.717) is 23.8 Å². The highest BCUT2D eigenvalue weighted by molar-refractivity contribution is 7.89. The van der Waals surface area contributed by atoms with Crippen molar-refractivity contribution in [3.63, 3.8) is 0 Å². The number of carbonyl (C=O) groups excluding carboxylic acids is 1. The lowest BCUT2D eigenvalue weighted by molar-refractivity contribution is 0.144. The Bertz CT molecular complexity index is 1340. The van der Waals surface area contributed by atoms with E-state index < -0.39 is 16.1 Å². The summed E-state index contributed by atoms with van der Waals surface area (Å²) in [6, 6.07) is 13.5. The first-order valence-corrected chi connectivity index (χ1v) is 14.0. The van der Waals surface area contributed by atoms with Gasteiger partial charge in [-0.3, -0.25) is 0 Å². The number of nitrogens with one attached hydrogen (secondary N) is 2. The molecule has 2 N–H and O–H groups in total. The molecule has 0 saturated heterocycles. The van der Waals surface area contributed by atoms with Gasteiger partial charge in [-0.05, 0) is 67.1 Å². The van der Waals surface area contributed by atoms with Crippen LogP contribution in [0.15, 0.2) is 60.0 Å². The summed E-state index contributed by atoms with van der Waals surface area (Å²) < 4.78 is 39.8. The summed E-state index contributed by atoms with van der Waals surface area (Å²) in [5.74, 6) is 0.612. The molecule has 2 aromatic carbocycles. The normalized spacial score (nSPS) is 17.2. The molecule has 0 aliphatic heterocycles. The largest absolute Gasteiger partial charge is 0.492 e. The van der Waals surface area contributed by atoms with Crippen molar-refractivity contribution < 1.29 is 22.7 Å². The molecule has 11 heteroatoms. The number of ether oxygens (including phenoxy) is 2. The highest BCUT2D eigenvalue weighted by Crippen LogP contribution is 2.37. The van der Waals surface area contributed by atoms with Crippen molar-refractivity contribution in [2.24, 2.45) is 7.05 Å². The summed E-state index contributed by atoms with van der Waals surface area (Å²) in [5.41, 5.74) is 3.34. The SMILES string of the molecule is CCOC(=O)NC1CCc2ccc(OCCNS(=O)(=O)c3cn(C)cn3)cc2C1Cc1cccc(Cl)c1. The Morgan fingerprint density at radius 1 is 1.24 bits per heavy atom. The van der Waals surface area contributed by atoms with Crippen LogP contribution in [0.3, 0.4) is 0 Å². The maximum absolute atomic E-state index is 12.4. The number of aryl methyl sites for hydroxylation is 2. The van der Waals surface area contributed by atoms with Crippen LogP contribution in [0.1, 0.15) is 36.0 Å². The molecular formula is C26H31ClN4O5S. The molecule has 1 aromatic heterocycles. The molecule has 1 aliphatic rings. The number of fused-ring (bicyclic) bond motifs is 1. The molecule has 9 nitrogen and oxygen atoms in total. The zero-order chi connectivity index (χ0) is 26.4. The first-order chi connectivity index (χ1) is 17.7. The minimum absolute atomic E-state index is 0.0159. The number of hydrogen-bond donors (Lipinski definition) is 2. The second-order valence-corrected chi connectivity index (χ2v) is 11.1. The summed E-state index contributed by atoms with van der Waals surface area (Å²) >= 11 is 6.23. The van der Waals surface area contributed by atoms with Gasteiger partial charge in [0, 0.05) is 36.8 Å². The van der Waals surface area contributed by atoms with Gasteiger partial charge in [0.2, 0.25) is 0 Å². The Labute approximate surface area is 222 Å². The summed E-state index contributed by atoms with van der Waals surface area (Å²) in [6.07, 6.45) is 4.71. The molecule has 0 radical (unpaired) electrons. The molecule has 0 saturated carbocycles. The van der Waals surface area contributed by atoms with Crippen LogP contribution < -0.4 is 14.8 Å². The fraction of sp³-hybridized carbons (Fsp3) is 0.385. The lowest BCUT2D eigenvalue weighted by atomic mass is 9.76. The molecule has 0 bridgehead atoms. The topological polar surface area (TPSA) is 112 Å². The number of benzene rings is 2. The van der Waals surface area contributed by atoms with Gasteiger partial charge in [0.15, 0.2) is 5.03 Å². The van der Waals surface area contributed by atoms with Crippen molar-refractivity contribution in [3.05, 3.63) is 76.7 Å². The van der Waals surface area contributed by atoms with E-state index in [1.807, 2.05) is 42.5 Å². The van der Waals surface area contributed by atoms with E-state index in [4.69, 9.17) is 21.1 Å². The second-order valence-electron chi connectivity index (χ2n) is 8.93. The molecule has 37 heavy (non-hydrogen) atoms. The minimum atomic E-state index is -3.70. The van der Waals surface area contributed by atoms with Crippen LogP contribution in [0.5, 0.6) is 5.75 Å². The van der Waals surface area contributed by atoms with Crippen molar-refractivity contribution in [2.45, 2.75) is 43.2 Å². The number of halogens is 1. The first kappa shape index (κ1) is 27.0. The van der Waals surface area contributed by atoms with E-state index >= 15 is 0 Å². The fourth-order valence-corrected chi connectivity index (χ4v) is 5.78. The number of nitrogens with zero attached hydrogens (tertiary/aromatic N) is 2. The maximum Gasteiger partial charge on any atom is 0.407 e. The lowest BCUT2D eigenvalue weighted by Gasteiger charge is -2.34. The Morgan fingerprint density at radius 2 is 2.08 bits per heavy atom. The number of hydrogen-bond acceptors (Lipinski definition) is 6. The standard InChI is InChI=1S/C26H31ClN4O5S/c1-3-35-26(32)30-24-10-8-19-7-9-21(15-22(19)23(24)14-18-5-4-6-20(27)13-18)36-12-11-29-37(33,34)25-16-31(2)17-28-25/h4-7,9,13,15-17,23-24,29H,3,8,10-12,14H2,1-2H3,(H,30,32). The van der Waals surface area contributed by atoms with Gasteiger partial charge in [0.1, 0.15) is 12.4 Å². The number of imidazole rings is 1. The van der Waals surface area contributed by atoms with Gasteiger partial charge in [-0.25, -0.2) is 22.9 Å². The number of alkyl carbamates (subject to hydrolysis) is 1. The van der Waals surface area contributed by atoms with Crippen LogP contribution in [0.2, 0.25) is 5.02 Å². The molecule has 0 fully saturated rings. The molecular weight excluding hydrogens is 516 g/mol. The lowest BCUT2D eigenvalue weighted by Crippen LogP contribution is -2.43. The van der Waals surface area contributed by atoms with E-state index in [-0.39, 0.29) is 30.1 Å². The van der Waals surface area contributed by atoms with Crippen molar-refractivity contribution in [1.82, 2.24) is 19.6 Å². The highest BCUT2D eigenvalue weighted by Gasteiger charge is 2.31. The van der Waals surface area contributed by atoms with E-state index in [9.17, 15) is 13.2 Å². The Balaban J connectivity index is 1.48. The summed E-state index contributed by atoms with van der Waals surface area (Å²) in [7, 11) is -2.00. The van der Waals surface area contributed by atoms with Gasteiger partial charge in [-0.15, -0.1) is 0 Å². The van der Waals surface area contributed by atoms with Crippen LogP contribution in [0.25, 0.3) is 0 Å². The second kappa shape index (κ2) is 12.0. The predicted molar refractivity (Wildman–Crippen MR) is 140 cm³/mol. The van der Waals surface area contributed by atoms with Crippen LogP contribution in [-0.4, -0.2) is 49.9 Å². The van der Waals surface area contributed by atoms with E-state index in [1.165, 1.54) is 18.1 Å². The Hall–Kier alpha value is -3.08. The first-order valence-electron chi connectivity index (χ1n) is 12.2. The summed E-state index contributed by atoms with van der Waals surface area (Å²) in [5, 5.41) is 3.66. The average molecular weight is 547 g/mol. The molecule has 3 aromatic rings. The molecule has 0 spiro atoms. The number of carbonyl (C=O) groups is 1. The van der Waals surface area contributed by atoms with Gasteiger partial charge < -0.3 is 19.4 Å². The van der Waals surface area contributed by atoms with Gasteiger partial charge in [-0.2, -0.15) is 0 Å². The van der Waals surface area contributed by atoms with Crippen molar-refractivity contribution in [1.29, 1.82) is 0 Å². The van der Waals surface area contributed by atoms with Crippen molar-refractivity contribution in [3.8, 4) is 5.75 Å². The third-order valence-corrected chi connectivity index (χ3v) is 7.85. The molecule has 1 heterocycles. The third kappa shape index (κ3) is 7.03. The van der Waals surface area contributed by atoms with Crippen LogP contribution in [-0.2, 0) is 34.6 Å². The van der Waals surface area contributed by atoms with E-state index in [1.54, 1.807) is 18.5 Å². The van der Waals surface area contributed by atoms with Crippen LogP contribution in [0.4, 0.5) is 4.79 Å². The smallest absolute Gasteiger partial charge is 0.407 e. The fourth-order valence-electron chi connectivity index (χ4n) is 4.58. The third-order valence-electron chi connectivity index (χ3n) is 6.27. The zero-order valence-corrected chi connectivity index (χ0v) is 22.4. The maximum atomic E-state index is 12.4.